The largest absolute Gasteiger partial charge is 0.314 e. The maximum atomic E-state index is 12.2. The Morgan fingerprint density at radius 1 is 1.38 bits per heavy atom. The lowest BCUT2D eigenvalue weighted by Crippen LogP contribution is -2.46. The zero-order chi connectivity index (χ0) is 11.6. The number of piperazine rings is 1. The topological polar surface area (TPSA) is 62.3 Å². The van der Waals surface area contributed by atoms with Crippen LogP contribution in [-0.2, 0) is 10.0 Å². The summed E-state index contributed by atoms with van der Waals surface area (Å²) in [4.78, 5) is 3.84. The highest BCUT2D eigenvalue weighted by Crippen LogP contribution is 2.21. The highest BCUT2D eigenvalue weighted by molar-refractivity contribution is 7.89. The van der Waals surface area contributed by atoms with Gasteiger partial charge >= 0.3 is 0 Å². The van der Waals surface area contributed by atoms with E-state index in [0.717, 1.165) is 0 Å². The molecule has 1 aromatic rings. The van der Waals surface area contributed by atoms with Crippen LogP contribution >= 0.6 is 11.6 Å². The van der Waals surface area contributed by atoms with Crippen LogP contribution in [0.15, 0.2) is 23.4 Å². The van der Waals surface area contributed by atoms with Gasteiger partial charge in [0.1, 0.15) is 0 Å². The molecule has 0 amide bonds. The highest BCUT2D eigenvalue weighted by Gasteiger charge is 2.28. The molecule has 1 N–H and O–H groups in total. The molecule has 1 aliphatic rings. The minimum absolute atomic E-state index is 0.0569. The van der Waals surface area contributed by atoms with Gasteiger partial charge in [0.2, 0.25) is 0 Å². The second-order valence-electron chi connectivity index (χ2n) is 3.44. The van der Waals surface area contributed by atoms with Crippen molar-refractivity contribution < 1.29 is 8.42 Å². The lowest BCUT2D eigenvalue weighted by atomic mass is 10.4. The lowest BCUT2D eigenvalue weighted by Gasteiger charge is -2.26. The van der Waals surface area contributed by atoms with Gasteiger partial charge in [0.15, 0.2) is 5.03 Å². The number of hydrogen-bond donors (Lipinski definition) is 1. The molecule has 1 aliphatic heterocycles. The lowest BCUT2D eigenvalue weighted by molar-refractivity contribution is 0.359. The average molecular weight is 262 g/mol. The van der Waals surface area contributed by atoms with Gasteiger partial charge in [-0.3, -0.25) is 0 Å². The van der Waals surface area contributed by atoms with E-state index in [1.807, 2.05) is 0 Å². The van der Waals surface area contributed by atoms with Crippen molar-refractivity contribution in [3.05, 3.63) is 23.4 Å². The molecular formula is C9H12ClN3O2S. The smallest absolute Gasteiger partial charge is 0.262 e. The Bertz CT molecular complexity index is 471. The van der Waals surface area contributed by atoms with Crippen molar-refractivity contribution in [1.82, 2.24) is 14.6 Å². The summed E-state index contributed by atoms with van der Waals surface area (Å²) in [6.07, 6.45) is 1.43. The number of hydrogen-bond acceptors (Lipinski definition) is 4. The molecule has 0 radical (unpaired) electrons. The van der Waals surface area contributed by atoms with Gasteiger partial charge in [0.05, 0.1) is 5.02 Å². The van der Waals surface area contributed by atoms with E-state index in [2.05, 4.69) is 10.3 Å². The quantitative estimate of drug-likeness (QED) is 0.833. The first-order valence-corrected chi connectivity index (χ1v) is 6.75. The zero-order valence-electron chi connectivity index (χ0n) is 8.56. The maximum Gasteiger partial charge on any atom is 0.262 e. The van der Waals surface area contributed by atoms with Crippen LogP contribution in [0.5, 0.6) is 0 Å². The zero-order valence-corrected chi connectivity index (χ0v) is 10.1. The predicted molar refractivity (Wildman–Crippen MR) is 60.9 cm³/mol. The maximum absolute atomic E-state index is 12.2. The first kappa shape index (κ1) is 11.8. The molecule has 88 valence electrons. The molecular weight excluding hydrogens is 250 g/mol. The third-order valence-electron chi connectivity index (χ3n) is 2.38. The normalized spacial score (nSPS) is 18.6. The fraction of sp³-hybridized carbons (Fsp3) is 0.444. The molecule has 0 aliphatic carbocycles. The van der Waals surface area contributed by atoms with Gasteiger partial charge in [-0.1, -0.05) is 11.6 Å². The van der Waals surface area contributed by atoms with Gasteiger partial charge < -0.3 is 5.32 Å². The van der Waals surface area contributed by atoms with Crippen molar-refractivity contribution >= 4 is 21.6 Å². The van der Waals surface area contributed by atoms with E-state index in [9.17, 15) is 8.42 Å². The van der Waals surface area contributed by atoms with Gasteiger partial charge in [0.25, 0.3) is 10.0 Å². The number of halogens is 1. The highest BCUT2D eigenvalue weighted by atomic mass is 35.5. The Labute approximate surface area is 99.5 Å². The van der Waals surface area contributed by atoms with Crippen LogP contribution in [0, 0.1) is 0 Å². The molecule has 7 heteroatoms. The summed E-state index contributed by atoms with van der Waals surface area (Å²) in [5.41, 5.74) is 0. The van der Waals surface area contributed by atoms with Gasteiger partial charge in [0, 0.05) is 32.4 Å². The van der Waals surface area contributed by atoms with Crippen molar-refractivity contribution in [1.29, 1.82) is 0 Å². The Hall–Kier alpha value is -0.690. The summed E-state index contributed by atoms with van der Waals surface area (Å²) in [6.45, 7) is 2.22. The van der Waals surface area contributed by atoms with Crippen LogP contribution in [0.2, 0.25) is 5.02 Å². The molecule has 2 heterocycles. The van der Waals surface area contributed by atoms with Crippen molar-refractivity contribution in [2.45, 2.75) is 5.03 Å². The second kappa shape index (κ2) is 4.67. The van der Waals surface area contributed by atoms with Crippen molar-refractivity contribution in [3.8, 4) is 0 Å². The van der Waals surface area contributed by atoms with E-state index in [-0.39, 0.29) is 10.0 Å². The standard InChI is InChI=1S/C9H12ClN3O2S/c10-8-2-1-3-12-9(8)16(14,15)13-6-4-11-5-7-13/h1-3,11H,4-7H2. The van der Waals surface area contributed by atoms with E-state index in [1.165, 1.54) is 16.6 Å². The molecule has 2 rings (SSSR count). The van der Waals surface area contributed by atoms with Crippen LogP contribution in [0.3, 0.4) is 0 Å². The minimum Gasteiger partial charge on any atom is -0.314 e. The van der Waals surface area contributed by atoms with Crippen molar-refractivity contribution in [3.63, 3.8) is 0 Å². The molecule has 0 bridgehead atoms. The van der Waals surface area contributed by atoms with E-state index >= 15 is 0 Å². The Morgan fingerprint density at radius 2 is 2.06 bits per heavy atom. The van der Waals surface area contributed by atoms with E-state index < -0.39 is 10.0 Å². The third-order valence-corrected chi connectivity index (χ3v) is 4.66. The number of nitrogens with zero attached hydrogens (tertiary/aromatic N) is 2. The Morgan fingerprint density at radius 3 is 2.69 bits per heavy atom. The summed E-state index contributed by atoms with van der Waals surface area (Å²) < 4.78 is 25.7. The van der Waals surface area contributed by atoms with Gasteiger partial charge in [-0.05, 0) is 12.1 Å². The second-order valence-corrected chi connectivity index (χ2v) is 5.70. The molecule has 0 spiro atoms. The van der Waals surface area contributed by atoms with Crippen LogP contribution in [-0.4, -0.2) is 43.9 Å². The molecule has 0 unspecified atom stereocenters. The molecule has 1 saturated heterocycles. The molecule has 0 aromatic carbocycles. The molecule has 0 atom stereocenters. The van der Waals surface area contributed by atoms with Gasteiger partial charge in [-0.25, -0.2) is 13.4 Å². The summed E-state index contributed by atoms with van der Waals surface area (Å²) in [7, 11) is -3.54. The molecule has 5 nitrogen and oxygen atoms in total. The van der Waals surface area contributed by atoms with Gasteiger partial charge in [-0.2, -0.15) is 4.31 Å². The fourth-order valence-electron chi connectivity index (χ4n) is 1.57. The Balaban J connectivity index is 2.35. The fourth-order valence-corrected chi connectivity index (χ4v) is 3.40. The van der Waals surface area contributed by atoms with E-state index in [4.69, 9.17) is 11.6 Å². The van der Waals surface area contributed by atoms with Crippen LogP contribution < -0.4 is 5.32 Å². The number of rotatable bonds is 2. The number of aromatic nitrogens is 1. The molecule has 1 aromatic heterocycles. The summed E-state index contributed by atoms with van der Waals surface area (Å²) in [5, 5.41) is 3.20. The SMILES string of the molecule is O=S(=O)(c1ncccc1Cl)N1CCNCC1. The van der Waals surface area contributed by atoms with E-state index in [0.29, 0.717) is 26.2 Å². The third kappa shape index (κ3) is 2.20. The molecule has 0 saturated carbocycles. The molecule has 16 heavy (non-hydrogen) atoms. The van der Waals surface area contributed by atoms with Crippen molar-refractivity contribution in [2.24, 2.45) is 0 Å². The molecule has 1 fully saturated rings. The number of pyridine rings is 1. The first-order valence-electron chi connectivity index (χ1n) is 4.94. The summed E-state index contributed by atoms with van der Waals surface area (Å²) in [6, 6.07) is 3.14. The van der Waals surface area contributed by atoms with Gasteiger partial charge in [-0.15, -0.1) is 0 Å². The monoisotopic (exact) mass is 261 g/mol. The predicted octanol–water partition coefficient (Wildman–Crippen LogP) is 0.329. The van der Waals surface area contributed by atoms with Crippen LogP contribution in [0.1, 0.15) is 0 Å². The van der Waals surface area contributed by atoms with E-state index in [1.54, 1.807) is 6.07 Å². The minimum atomic E-state index is -3.54. The summed E-state index contributed by atoms with van der Waals surface area (Å²) in [5.74, 6) is 0. The average Bonchev–Trinajstić information content (AvgIpc) is 2.30. The first-order chi connectivity index (χ1) is 7.62. The van der Waals surface area contributed by atoms with Crippen LogP contribution in [0.4, 0.5) is 0 Å². The summed E-state index contributed by atoms with van der Waals surface area (Å²) >= 11 is 5.84. The Kier molecular flexibility index (Phi) is 3.44. The van der Waals surface area contributed by atoms with Crippen molar-refractivity contribution in [2.75, 3.05) is 26.2 Å². The van der Waals surface area contributed by atoms with Crippen LogP contribution in [0.25, 0.3) is 0 Å². The number of nitrogens with one attached hydrogen (secondary N) is 1. The number of sulfonamides is 1.